The van der Waals surface area contributed by atoms with Crippen LogP contribution >= 0.6 is 0 Å². The second kappa shape index (κ2) is 6.41. The molecule has 8 heteroatoms. The Balaban J connectivity index is 2.19. The van der Waals surface area contributed by atoms with Crippen molar-refractivity contribution >= 4 is 28.2 Å². The molecule has 124 valence electrons. The van der Waals surface area contributed by atoms with Crippen LogP contribution in [0.25, 0.3) is 10.8 Å². The van der Waals surface area contributed by atoms with E-state index in [9.17, 15) is 9.90 Å². The Hall–Kier alpha value is -3.73. The summed E-state index contributed by atoms with van der Waals surface area (Å²) in [5.74, 6) is -0.442. The Labute approximate surface area is 143 Å². The first-order valence-electron chi connectivity index (χ1n) is 7.37. The van der Waals surface area contributed by atoms with Gasteiger partial charge in [-0.15, -0.1) is 10.2 Å². The predicted molar refractivity (Wildman–Crippen MR) is 91.1 cm³/mol. The van der Waals surface area contributed by atoms with E-state index in [-0.39, 0.29) is 28.4 Å². The second-order valence-electron chi connectivity index (χ2n) is 5.24. The minimum absolute atomic E-state index is 0.125. The smallest absolute Gasteiger partial charge is 0.255 e. The van der Waals surface area contributed by atoms with E-state index in [0.717, 1.165) is 5.39 Å². The quantitative estimate of drug-likeness (QED) is 0.716. The number of phenolic OH excluding ortho intramolecular Hbond substituents is 1. The summed E-state index contributed by atoms with van der Waals surface area (Å²) >= 11 is 0. The van der Waals surface area contributed by atoms with Crippen molar-refractivity contribution in [2.75, 3.05) is 7.05 Å². The summed E-state index contributed by atoms with van der Waals surface area (Å²) in [5.41, 5.74) is 0.514. The van der Waals surface area contributed by atoms with Crippen LogP contribution in [0.1, 0.15) is 15.9 Å². The predicted octanol–water partition coefficient (Wildman–Crippen LogP) is 2.93. The topological polar surface area (TPSA) is 116 Å². The monoisotopic (exact) mass is 334 g/mol. The molecule has 0 saturated heterocycles. The fourth-order valence-corrected chi connectivity index (χ4v) is 2.48. The molecule has 8 nitrogen and oxygen atoms in total. The van der Waals surface area contributed by atoms with Gasteiger partial charge in [0.15, 0.2) is 11.6 Å². The fraction of sp³-hybridized carbons (Fsp3) is 0.118. The van der Waals surface area contributed by atoms with E-state index in [4.69, 9.17) is 5.26 Å². The molecule has 0 unspecified atom stereocenters. The summed E-state index contributed by atoms with van der Waals surface area (Å²) in [6.45, 7) is 0. The van der Waals surface area contributed by atoms with Gasteiger partial charge in [0, 0.05) is 14.1 Å². The normalized spacial score (nSPS) is 10.9. The highest BCUT2D eigenvalue weighted by atomic mass is 16.3. The lowest BCUT2D eigenvalue weighted by molar-refractivity contribution is 0.0962. The molecular weight excluding hydrogens is 320 g/mol. The highest BCUT2D eigenvalue weighted by molar-refractivity contribution is 6.11. The number of amides is 1. The molecule has 1 heterocycles. The largest absolute Gasteiger partial charge is 0.505 e. The Kier molecular flexibility index (Phi) is 4.14. The van der Waals surface area contributed by atoms with Gasteiger partial charge >= 0.3 is 0 Å². The zero-order valence-electron chi connectivity index (χ0n) is 13.6. The number of rotatable bonds is 3. The number of hydrogen-bond donors (Lipinski definition) is 2. The zero-order chi connectivity index (χ0) is 18.0. The Morgan fingerprint density at radius 1 is 1.36 bits per heavy atom. The molecule has 3 rings (SSSR count). The number of nitriles is 1. The Morgan fingerprint density at radius 2 is 2.12 bits per heavy atom. The maximum Gasteiger partial charge on any atom is 0.255 e. The van der Waals surface area contributed by atoms with Crippen LogP contribution in [0, 0.1) is 11.3 Å². The molecule has 0 aliphatic heterocycles. The number of carbonyl (C=O) groups is 1. The van der Waals surface area contributed by atoms with Crippen molar-refractivity contribution in [1.29, 1.82) is 5.26 Å². The van der Waals surface area contributed by atoms with Gasteiger partial charge in [-0.25, -0.2) is 4.68 Å². The van der Waals surface area contributed by atoms with E-state index in [1.807, 2.05) is 18.2 Å². The van der Waals surface area contributed by atoms with Gasteiger partial charge in [0.1, 0.15) is 17.3 Å². The van der Waals surface area contributed by atoms with Gasteiger partial charge < -0.3 is 10.4 Å². The van der Waals surface area contributed by atoms with Gasteiger partial charge in [-0.2, -0.15) is 10.4 Å². The van der Waals surface area contributed by atoms with Crippen LogP contribution in [-0.2, 0) is 7.05 Å². The summed E-state index contributed by atoms with van der Waals surface area (Å²) in [6.07, 6.45) is 1.38. The van der Waals surface area contributed by atoms with Gasteiger partial charge in [-0.1, -0.05) is 24.3 Å². The molecule has 0 spiro atoms. The maximum atomic E-state index is 12.2. The van der Waals surface area contributed by atoms with E-state index in [2.05, 4.69) is 20.6 Å². The van der Waals surface area contributed by atoms with E-state index < -0.39 is 5.91 Å². The molecule has 1 aromatic heterocycles. The number of fused-ring (bicyclic) bond motifs is 1. The number of carbonyl (C=O) groups excluding carboxylic acids is 1. The number of azo groups is 1. The Morgan fingerprint density at radius 3 is 2.84 bits per heavy atom. The van der Waals surface area contributed by atoms with Crippen molar-refractivity contribution in [2.45, 2.75) is 0 Å². The summed E-state index contributed by atoms with van der Waals surface area (Å²) in [5, 5.41) is 35.4. The first-order valence-corrected chi connectivity index (χ1v) is 7.37. The van der Waals surface area contributed by atoms with E-state index in [0.29, 0.717) is 5.39 Å². The zero-order valence-corrected chi connectivity index (χ0v) is 13.6. The van der Waals surface area contributed by atoms with Crippen molar-refractivity contribution in [3.63, 3.8) is 0 Å². The number of nitrogens with zero attached hydrogens (tertiary/aromatic N) is 5. The summed E-state index contributed by atoms with van der Waals surface area (Å²) in [6, 6.07) is 10.8. The molecule has 2 aromatic carbocycles. The lowest BCUT2D eigenvalue weighted by Gasteiger charge is -2.10. The van der Waals surface area contributed by atoms with Crippen molar-refractivity contribution in [1.82, 2.24) is 15.1 Å². The summed E-state index contributed by atoms with van der Waals surface area (Å²) < 4.78 is 1.40. The minimum Gasteiger partial charge on any atom is -0.505 e. The molecule has 0 saturated carbocycles. The highest BCUT2D eigenvalue weighted by Gasteiger charge is 2.18. The lowest BCUT2D eigenvalue weighted by atomic mass is 10.0. The van der Waals surface area contributed by atoms with Crippen LogP contribution in [0.5, 0.6) is 5.75 Å². The molecular formula is C17H14N6O2. The summed E-state index contributed by atoms with van der Waals surface area (Å²) in [7, 11) is 3.12. The third-order valence-corrected chi connectivity index (χ3v) is 3.74. The molecule has 0 atom stereocenters. The average Bonchev–Trinajstić information content (AvgIpc) is 2.99. The van der Waals surface area contributed by atoms with Crippen LogP contribution in [0.4, 0.5) is 11.5 Å². The van der Waals surface area contributed by atoms with Crippen molar-refractivity contribution in [3.05, 3.63) is 47.7 Å². The second-order valence-corrected chi connectivity index (χ2v) is 5.24. The number of hydrogen-bond acceptors (Lipinski definition) is 6. The van der Waals surface area contributed by atoms with Crippen molar-refractivity contribution in [3.8, 4) is 11.8 Å². The number of benzene rings is 2. The first-order chi connectivity index (χ1) is 12.1. The fourth-order valence-electron chi connectivity index (χ4n) is 2.48. The number of aryl methyl sites for hydroxylation is 1. The molecule has 0 bridgehead atoms. The molecule has 0 fully saturated rings. The SMILES string of the molecule is CNC(=O)c1c(O)c(/N=N/c2c(C#N)cnn2C)cc2ccccc12. The molecule has 0 radical (unpaired) electrons. The van der Waals surface area contributed by atoms with Crippen LogP contribution in [0.2, 0.25) is 0 Å². The molecule has 2 N–H and O–H groups in total. The van der Waals surface area contributed by atoms with Crippen molar-refractivity contribution in [2.24, 2.45) is 17.3 Å². The molecule has 25 heavy (non-hydrogen) atoms. The molecule has 3 aromatic rings. The maximum absolute atomic E-state index is 12.2. The molecule has 0 aliphatic carbocycles. The van der Waals surface area contributed by atoms with Crippen LogP contribution < -0.4 is 5.32 Å². The number of aromatic nitrogens is 2. The number of aromatic hydroxyl groups is 1. The van der Waals surface area contributed by atoms with E-state index in [1.165, 1.54) is 17.9 Å². The van der Waals surface area contributed by atoms with Gasteiger partial charge in [0.05, 0.1) is 11.8 Å². The Bertz CT molecular complexity index is 1050. The van der Waals surface area contributed by atoms with Crippen LogP contribution in [0.15, 0.2) is 46.8 Å². The van der Waals surface area contributed by atoms with Crippen LogP contribution in [0.3, 0.4) is 0 Å². The standard InChI is InChI=1S/C17H14N6O2/c1-19-17(25)14-12-6-4-3-5-10(12)7-13(15(14)24)21-22-16-11(8-18)9-20-23(16)2/h3-7,9,24H,1-2H3,(H,19,25)/b22-21+. The van der Waals surface area contributed by atoms with E-state index in [1.54, 1.807) is 25.2 Å². The van der Waals surface area contributed by atoms with Crippen molar-refractivity contribution < 1.29 is 9.90 Å². The highest BCUT2D eigenvalue weighted by Crippen LogP contribution is 2.37. The van der Waals surface area contributed by atoms with Gasteiger partial charge in [0.2, 0.25) is 0 Å². The number of nitrogens with one attached hydrogen (secondary N) is 1. The summed E-state index contributed by atoms with van der Waals surface area (Å²) in [4.78, 5) is 12.2. The van der Waals surface area contributed by atoms with Gasteiger partial charge in [-0.05, 0) is 16.8 Å². The molecule has 0 aliphatic rings. The lowest BCUT2D eigenvalue weighted by Crippen LogP contribution is -2.18. The third kappa shape index (κ3) is 2.79. The molecule has 1 amide bonds. The first kappa shape index (κ1) is 16.1. The van der Waals surface area contributed by atoms with E-state index >= 15 is 0 Å². The average molecular weight is 334 g/mol. The third-order valence-electron chi connectivity index (χ3n) is 3.74. The van der Waals surface area contributed by atoms with Gasteiger partial charge in [-0.3, -0.25) is 4.79 Å². The van der Waals surface area contributed by atoms with Gasteiger partial charge in [0.25, 0.3) is 5.91 Å². The van der Waals surface area contributed by atoms with Crippen LogP contribution in [-0.4, -0.2) is 27.8 Å². The minimum atomic E-state index is -0.427. The number of phenols is 1.